The van der Waals surface area contributed by atoms with E-state index in [1.165, 1.54) is 19.3 Å². The van der Waals surface area contributed by atoms with Crippen LogP contribution in [0.25, 0.3) is 0 Å². The summed E-state index contributed by atoms with van der Waals surface area (Å²) < 4.78 is 41.3. The van der Waals surface area contributed by atoms with Gasteiger partial charge in [0.05, 0.1) is 6.61 Å². The van der Waals surface area contributed by atoms with Gasteiger partial charge in [0.15, 0.2) is 0 Å². The van der Waals surface area contributed by atoms with Crippen LogP contribution in [-0.2, 0) is 4.74 Å². The molecule has 0 aromatic rings. The summed E-state index contributed by atoms with van der Waals surface area (Å²) in [4.78, 5) is 0. The smallest absolute Gasteiger partial charge is 0.370 e. The van der Waals surface area contributed by atoms with Crippen molar-refractivity contribution in [2.45, 2.75) is 64.6 Å². The fraction of sp³-hybridized carbons (Fsp3) is 1.00. The van der Waals surface area contributed by atoms with Crippen LogP contribution in [0.15, 0.2) is 0 Å². The van der Waals surface area contributed by atoms with Gasteiger partial charge in [0, 0.05) is 6.04 Å². The summed E-state index contributed by atoms with van der Waals surface area (Å²) in [6, 6.07) is 0.0649. The van der Waals surface area contributed by atoms with E-state index in [-0.39, 0.29) is 12.6 Å². The highest BCUT2D eigenvalue weighted by Crippen LogP contribution is 2.32. The monoisotopic (exact) mass is 295 g/mol. The lowest BCUT2D eigenvalue weighted by Crippen LogP contribution is -2.42. The van der Waals surface area contributed by atoms with Gasteiger partial charge in [-0.05, 0) is 37.6 Å². The maximum Gasteiger partial charge on any atom is 0.411 e. The minimum absolute atomic E-state index is 0.0649. The van der Waals surface area contributed by atoms with Gasteiger partial charge in [-0.3, -0.25) is 0 Å². The minimum atomic E-state index is -4.23. The van der Waals surface area contributed by atoms with Crippen LogP contribution in [0, 0.1) is 11.8 Å². The van der Waals surface area contributed by atoms with E-state index in [0.717, 1.165) is 31.7 Å². The topological polar surface area (TPSA) is 21.3 Å². The third kappa shape index (κ3) is 6.93. The Bertz CT molecular complexity index is 250. The number of alkyl halides is 3. The summed E-state index contributed by atoms with van der Waals surface area (Å²) in [5.41, 5.74) is 0. The van der Waals surface area contributed by atoms with Gasteiger partial charge < -0.3 is 10.1 Å². The van der Waals surface area contributed by atoms with Gasteiger partial charge in [0.1, 0.15) is 6.61 Å². The second-order valence-corrected chi connectivity index (χ2v) is 5.88. The average molecular weight is 295 g/mol. The maximum absolute atomic E-state index is 12.2. The Morgan fingerprint density at radius 3 is 2.30 bits per heavy atom. The Hall–Kier alpha value is -0.290. The minimum Gasteiger partial charge on any atom is -0.370 e. The summed E-state index contributed by atoms with van der Waals surface area (Å²) in [6.45, 7) is 4.15. The number of nitrogens with one attached hydrogen (secondary N) is 1. The van der Waals surface area contributed by atoms with Gasteiger partial charge in [0.25, 0.3) is 0 Å². The fourth-order valence-electron chi connectivity index (χ4n) is 2.99. The predicted octanol–water partition coefficient (Wildman–Crippen LogP) is 4.15. The van der Waals surface area contributed by atoms with Crippen molar-refractivity contribution in [3.8, 4) is 0 Å². The van der Waals surface area contributed by atoms with E-state index in [1.54, 1.807) is 0 Å². The van der Waals surface area contributed by atoms with Crippen molar-refractivity contribution in [2.75, 3.05) is 19.8 Å². The Morgan fingerprint density at radius 1 is 1.15 bits per heavy atom. The summed E-state index contributed by atoms with van der Waals surface area (Å²) in [6.07, 6.45) is 2.58. The van der Waals surface area contributed by atoms with E-state index in [1.807, 2.05) is 0 Å². The lowest BCUT2D eigenvalue weighted by atomic mass is 9.77. The molecule has 1 aliphatic rings. The van der Waals surface area contributed by atoms with Crippen molar-refractivity contribution in [1.29, 1.82) is 0 Å². The van der Waals surface area contributed by atoms with Crippen LogP contribution in [-0.4, -0.2) is 32.0 Å². The molecule has 1 N–H and O–H groups in total. The van der Waals surface area contributed by atoms with Gasteiger partial charge in [-0.1, -0.05) is 33.1 Å². The Kier molecular flexibility index (Phi) is 7.88. The van der Waals surface area contributed by atoms with Crippen LogP contribution in [0.2, 0.25) is 0 Å². The van der Waals surface area contributed by atoms with E-state index in [0.29, 0.717) is 5.92 Å². The summed E-state index contributed by atoms with van der Waals surface area (Å²) in [7, 11) is 0. The van der Waals surface area contributed by atoms with Crippen LogP contribution < -0.4 is 5.32 Å². The van der Waals surface area contributed by atoms with Crippen LogP contribution in [0.4, 0.5) is 13.2 Å². The fourth-order valence-corrected chi connectivity index (χ4v) is 2.99. The molecule has 2 nitrogen and oxygen atoms in total. The number of rotatable bonds is 8. The molecule has 1 rings (SSSR count). The van der Waals surface area contributed by atoms with Crippen molar-refractivity contribution in [3.63, 3.8) is 0 Å². The molecule has 0 spiro atoms. The molecule has 1 unspecified atom stereocenters. The quantitative estimate of drug-likeness (QED) is 0.726. The molecule has 0 aliphatic heterocycles. The molecule has 120 valence electrons. The third-order valence-electron chi connectivity index (χ3n) is 4.26. The normalized spacial score (nSPS) is 25.6. The first-order chi connectivity index (χ1) is 9.46. The van der Waals surface area contributed by atoms with Crippen LogP contribution >= 0.6 is 0 Å². The highest BCUT2D eigenvalue weighted by Gasteiger charge is 2.30. The first-order valence-corrected chi connectivity index (χ1v) is 7.84. The van der Waals surface area contributed by atoms with Crippen LogP contribution in [0.5, 0.6) is 0 Å². The molecule has 0 amide bonds. The average Bonchev–Trinajstić information content (AvgIpc) is 2.41. The molecule has 0 aromatic heterocycles. The number of hydrogen-bond donors (Lipinski definition) is 1. The van der Waals surface area contributed by atoms with Gasteiger partial charge in [-0.2, -0.15) is 13.2 Å². The van der Waals surface area contributed by atoms with Crippen molar-refractivity contribution in [2.24, 2.45) is 11.8 Å². The molecule has 1 fully saturated rings. The van der Waals surface area contributed by atoms with Crippen molar-refractivity contribution in [3.05, 3.63) is 0 Å². The maximum atomic E-state index is 12.2. The molecule has 1 aliphatic carbocycles. The van der Waals surface area contributed by atoms with Gasteiger partial charge in [-0.15, -0.1) is 0 Å². The van der Waals surface area contributed by atoms with E-state index in [4.69, 9.17) is 4.74 Å². The Labute approximate surface area is 120 Å². The van der Waals surface area contributed by atoms with Crippen molar-refractivity contribution < 1.29 is 17.9 Å². The largest absolute Gasteiger partial charge is 0.411 e. The van der Waals surface area contributed by atoms with Crippen molar-refractivity contribution >= 4 is 0 Å². The van der Waals surface area contributed by atoms with Gasteiger partial charge in [-0.25, -0.2) is 0 Å². The molecular formula is C15H28F3NO. The highest BCUT2D eigenvalue weighted by atomic mass is 19.4. The zero-order chi connectivity index (χ0) is 15.0. The van der Waals surface area contributed by atoms with E-state index in [2.05, 4.69) is 19.2 Å². The zero-order valence-electron chi connectivity index (χ0n) is 12.6. The first kappa shape index (κ1) is 17.8. The first-order valence-electron chi connectivity index (χ1n) is 7.84. The van der Waals surface area contributed by atoms with Gasteiger partial charge >= 0.3 is 6.18 Å². The molecule has 5 heteroatoms. The van der Waals surface area contributed by atoms with Crippen molar-refractivity contribution in [1.82, 2.24) is 5.32 Å². The molecule has 0 radical (unpaired) electrons. The number of halogens is 3. The molecule has 1 saturated carbocycles. The molecule has 0 saturated heterocycles. The zero-order valence-corrected chi connectivity index (χ0v) is 12.6. The SMILES string of the molecule is CCCNC(COCC(F)(F)F)C1CCC(CC)CC1. The van der Waals surface area contributed by atoms with Crippen LogP contribution in [0.3, 0.4) is 0 Å². The number of ether oxygens (including phenoxy) is 1. The second kappa shape index (κ2) is 8.88. The number of hydrogen-bond acceptors (Lipinski definition) is 2. The van der Waals surface area contributed by atoms with E-state index < -0.39 is 12.8 Å². The van der Waals surface area contributed by atoms with Crippen LogP contribution in [0.1, 0.15) is 52.4 Å². The lowest BCUT2D eigenvalue weighted by Gasteiger charge is -2.34. The summed E-state index contributed by atoms with van der Waals surface area (Å²) in [5, 5.41) is 3.37. The molecule has 0 aromatic carbocycles. The third-order valence-corrected chi connectivity index (χ3v) is 4.26. The van der Waals surface area contributed by atoms with E-state index >= 15 is 0 Å². The molecular weight excluding hydrogens is 267 g/mol. The molecule has 0 heterocycles. The van der Waals surface area contributed by atoms with Gasteiger partial charge in [0.2, 0.25) is 0 Å². The Balaban J connectivity index is 2.39. The summed E-state index contributed by atoms with van der Waals surface area (Å²) in [5.74, 6) is 1.26. The lowest BCUT2D eigenvalue weighted by molar-refractivity contribution is -0.176. The highest BCUT2D eigenvalue weighted by molar-refractivity contribution is 4.81. The second-order valence-electron chi connectivity index (χ2n) is 5.88. The standard InChI is InChI=1S/C15H28F3NO/c1-3-9-19-14(10-20-11-15(16,17)18)13-7-5-12(4-2)6-8-13/h12-14,19H,3-11H2,1-2H3. The summed E-state index contributed by atoms with van der Waals surface area (Å²) >= 11 is 0. The molecule has 20 heavy (non-hydrogen) atoms. The predicted molar refractivity (Wildman–Crippen MR) is 74.7 cm³/mol. The molecule has 1 atom stereocenters. The molecule has 0 bridgehead atoms. The Morgan fingerprint density at radius 2 is 1.80 bits per heavy atom. The van der Waals surface area contributed by atoms with E-state index in [9.17, 15) is 13.2 Å².